The van der Waals surface area contributed by atoms with Gasteiger partial charge in [0.1, 0.15) is 5.75 Å². The standard InChI is InChI=1S/C15H19NO3/c1-10-8-12(9-19-10)15(18)16-7-3-5-11-4-2-6-13(17)14(11)16/h2,4,6,10,12,17H,3,5,7-9H2,1H3. The normalized spacial score (nSPS) is 26.3. The highest BCUT2D eigenvalue weighted by molar-refractivity contribution is 5.97. The van der Waals surface area contributed by atoms with Crippen molar-refractivity contribution >= 4 is 11.6 Å². The van der Waals surface area contributed by atoms with E-state index in [9.17, 15) is 9.90 Å². The lowest BCUT2D eigenvalue weighted by Crippen LogP contribution is -2.40. The van der Waals surface area contributed by atoms with Crippen LogP contribution >= 0.6 is 0 Å². The number of phenols is 1. The molecule has 102 valence electrons. The second-order valence-corrected chi connectivity index (χ2v) is 5.45. The Morgan fingerprint density at radius 1 is 1.47 bits per heavy atom. The Morgan fingerprint density at radius 2 is 2.32 bits per heavy atom. The third-order valence-corrected chi connectivity index (χ3v) is 4.01. The first kappa shape index (κ1) is 12.5. The van der Waals surface area contributed by atoms with Crippen LogP contribution in [0.15, 0.2) is 18.2 Å². The lowest BCUT2D eigenvalue weighted by molar-refractivity contribution is -0.122. The number of anilines is 1. The van der Waals surface area contributed by atoms with E-state index in [0.29, 0.717) is 18.8 Å². The van der Waals surface area contributed by atoms with Crippen molar-refractivity contribution in [1.29, 1.82) is 0 Å². The van der Waals surface area contributed by atoms with Crippen LogP contribution < -0.4 is 4.90 Å². The highest BCUT2D eigenvalue weighted by Crippen LogP contribution is 2.37. The van der Waals surface area contributed by atoms with Crippen molar-refractivity contribution in [3.05, 3.63) is 23.8 Å². The van der Waals surface area contributed by atoms with Gasteiger partial charge in [-0.3, -0.25) is 4.79 Å². The van der Waals surface area contributed by atoms with Crippen LogP contribution in [0.3, 0.4) is 0 Å². The van der Waals surface area contributed by atoms with E-state index in [-0.39, 0.29) is 23.7 Å². The van der Waals surface area contributed by atoms with E-state index in [2.05, 4.69) is 0 Å². The number of benzene rings is 1. The molecule has 1 aromatic carbocycles. The molecule has 0 saturated carbocycles. The minimum atomic E-state index is -0.0689. The molecule has 0 bridgehead atoms. The van der Waals surface area contributed by atoms with Gasteiger partial charge < -0.3 is 14.7 Å². The van der Waals surface area contributed by atoms with E-state index in [0.717, 1.165) is 24.8 Å². The molecule has 1 amide bonds. The highest BCUT2D eigenvalue weighted by atomic mass is 16.5. The Bertz CT molecular complexity index is 500. The SMILES string of the molecule is CC1CC(C(=O)N2CCCc3cccc(O)c32)CO1. The van der Waals surface area contributed by atoms with Crippen molar-refractivity contribution in [2.75, 3.05) is 18.1 Å². The van der Waals surface area contributed by atoms with Gasteiger partial charge in [-0.25, -0.2) is 0 Å². The van der Waals surface area contributed by atoms with E-state index in [1.54, 1.807) is 11.0 Å². The second-order valence-electron chi connectivity index (χ2n) is 5.45. The molecule has 4 heteroatoms. The summed E-state index contributed by atoms with van der Waals surface area (Å²) in [5, 5.41) is 10.0. The van der Waals surface area contributed by atoms with Crippen molar-refractivity contribution < 1.29 is 14.6 Å². The zero-order valence-corrected chi connectivity index (χ0v) is 11.1. The fourth-order valence-electron chi connectivity index (χ4n) is 3.06. The minimum absolute atomic E-state index is 0.0689. The van der Waals surface area contributed by atoms with Crippen LogP contribution in [0.4, 0.5) is 5.69 Å². The summed E-state index contributed by atoms with van der Waals surface area (Å²) in [7, 11) is 0. The summed E-state index contributed by atoms with van der Waals surface area (Å²) in [6, 6.07) is 5.48. The van der Waals surface area contributed by atoms with E-state index in [1.807, 2.05) is 19.1 Å². The number of fused-ring (bicyclic) bond motifs is 1. The van der Waals surface area contributed by atoms with Crippen LogP contribution in [0.2, 0.25) is 0 Å². The van der Waals surface area contributed by atoms with Crippen LogP contribution in [-0.2, 0) is 16.0 Å². The van der Waals surface area contributed by atoms with Gasteiger partial charge in [0.15, 0.2) is 0 Å². The Morgan fingerprint density at radius 3 is 3.05 bits per heavy atom. The molecule has 0 spiro atoms. The minimum Gasteiger partial charge on any atom is -0.506 e. The molecule has 2 aliphatic rings. The number of carbonyl (C=O) groups is 1. The first-order valence-electron chi connectivity index (χ1n) is 6.90. The van der Waals surface area contributed by atoms with E-state index >= 15 is 0 Å². The quantitative estimate of drug-likeness (QED) is 0.842. The van der Waals surface area contributed by atoms with Gasteiger partial charge >= 0.3 is 0 Å². The summed E-state index contributed by atoms with van der Waals surface area (Å²) in [6.07, 6.45) is 2.80. The number of nitrogens with zero attached hydrogens (tertiary/aromatic N) is 1. The maximum atomic E-state index is 12.6. The number of hydrogen-bond donors (Lipinski definition) is 1. The number of aromatic hydroxyl groups is 1. The van der Waals surface area contributed by atoms with Crippen molar-refractivity contribution in [3.63, 3.8) is 0 Å². The molecule has 3 rings (SSSR count). The molecule has 1 aromatic rings. The van der Waals surface area contributed by atoms with E-state index in [4.69, 9.17) is 4.74 Å². The zero-order chi connectivity index (χ0) is 13.4. The Labute approximate surface area is 113 Å². The van der Waals surface area contributed by atoms with Gasteiger partial charge in [0.2, 0.25) is 5.91 Å². The van der Waals surface area contributed by atoms with E-state index < -0.39 is 0 Å². The van der Waals surface area contributed by atoms with Crippen molar-refractivity contribution in [1.82, 2.24) is 0 Å². The van der Waals surface area contributed by atoms with Crippen LogP contribution in [-0.4, -0.2) is 30.3 Å². The van der Waals surface area contributed by atoms with Gasteiger partial charge in [0.25, 0.3) is 0 Å². The molecule has 1 fully saturated rings. The number of carbonyl (C=O) groups excluding carboxylic acids is 1. The van der Waals surface area contributed by atoms with Crippen molar-refractivity contribution in [2.45, 2.75) is 32.3 Å². The Kier molecular flexibility index (Phi) is 3.19. The Balaban J connectivity index is 1.89. The van der Waals surface area contributed by atoms with Crippen molar-refractivity contribution in [3.8, 4) is 5.75 Å². The second kappa shape index (κ2) is 4.85. The third kappa shape index (κ3) is 2.21. The maximum absolute atomic E-state index is 12.6. The van der Waals surface area contributed by atoms with Gasteiger partial charge in [-0.1, -0.05) is 12.1 Å². The monoisotopic (exact) mass is 261 g/mol. The summed E-state index contributed by atoms with van der Waals surface area (Å²) in [5.41, 5.74) is 1.77. The molecule has 2 aliphatic heterocycles. The lowest BCUT2D eigenvalue weighted by atomic mass is 9.97. The molecule has 1 saturated heterocycles. The van der Waals surface area contributed by atoms with Crippen molar-refractivity contribution in [2.24, 2.45) is 5.92 Å². The topological polar surface area (TPSA) is 49.8 Å². The molecule has 0 aromatic heterocycles. The smallest absolute Gasteiger partial charge is 0.232 e. The summed E-state index contributed by atoms with van der Waals surface area (Å²) >= 11 is 0. The predicted molar refractivity (Wildman–Crippen MR) is 72.3 cm³/mol. The van der Waals surface area contributed by atoms with Gasteiger partial charge in [-0.2, -0.15) is 0 Å². The first-order valence-corrected chi connectivity index (χ1v) is 6.90. The molecular weight excluding hydrogens is 242 g/mol. The number of phenolic OH excluding ortho intramolecular Hbond substituents is 1. The number of amides is 1. The van der Waals surface area contributed by atoms with Gasteiger partial charge in [-0.15, -0.1) is 0 Å². The average molecular weight is 261 g/mol. The summed E-state index contributed by atoms with van der Waals surface area (Å²) in [6.45, 7) is 3.18. The fraction of sp³-hybridized carbons (Fsp3) is 0.533. The number of hydrogen-bond acceptors (Lipinski definition) is 3. The molecule has 0 aliphatic carbocycles. The predicted octanol–water partition coefficient (Wildman–Crippen LogP) is 2.10. The number of aryl methyl sites for hydroxylation is 1. The lowest BCUT2D eigenvalue weighted by Gasteiger charge is -2.31. The molecule has 2 heterocycles. The first-order chi connectivity index (χ1) is 9.16. The molecule has 4 nitrogen and oxygen atoms in total. The molecular formula is C15H19NO3. The van der Waals surface area contributed by atoms with Crippen LogP contribution in [0.5, 0.6) is 5.75 Å². The van der Waals surface area contributed by atoms with Gasteiger partial charge in [0.05, 0.1) is 24.3 Å². The molecule has 19 heavy (non-hydrogen) atoms. The third-order valence-electron chi connectivity index (χ3n) is 4.01. The van der Waals surface area contributed by atoms with E-state index in [1.165, 1.54) is 0 Å². The zero-order valence-electron chi connectivity index (χ0n) is 11.1. The highest BCUT2D eigenvalue weighted by Gasteiger charge is 2.34. The number of ether oxygens (including phenoxy) is 1. The molecule has 1 N–H and O–H groups in total. The maximum Gasteiger partial charge on any atom is 0.232 e. The summed E-state index contributed by atoms with van der Waals surface area (Å²) < 4.78 is 5.49. The largest absolute Gasteiger partial charge is 0.506 e. The number of rotatable bonds is 1. The molecule has 0 radical (unpaired) electrons. The summed E-state index contributed by atoms with van der Waals surface area (Å²) in [4.78, 5) is 14.3. The van der Waals surface area contributed by atoms with Crippen LogP contribution in [0, 0.1) is 5.92 Å². The average Bonchev–Trinajstić information content (AvgIpc) is 2.84. The molecule has 2 atom stereocenters. The fourth-order valence-corrected chi connectivity index (χ4v) is 3.06. The van der Waals surface area contributed by atoms with Crippen LogP contribution in [0.1, 0.15) is 25.3 Å². The van der Waals surface area contributed by atoms with Gasteiger partial charge in [0, 0.05) is 6.54 Å². The number of para-hydroxylation sites is 1. The summed E-state index contributed by atoms with van der Waals surface area (Å²) in [5.74, 6) is 0.227. The molecule has 2 unspecified atom stereocenters. The van der Waals surface area contributed by atoms with Crippen LogP contribution in [0.25, 0.3) is 0 Å². The Hall–Kier alpha value is -1.55. The van der Waals surface area contributed by atoms with Gasteiger partial charge in [-0.05, 0) is 37.8 Å².